The summed E-state index contributed by atoms with van der Waals surface area (Å²) in [5.74, 6) is 0.521. The first-order valence-electron chi connectivity index (χ1n) is 12.0. The van der Waals surface area contributed by atoms with E-state index in [1.807, 2.05) is 9.80 Å². The Morgan fingerprint density at radius 2 is 1.39 bits per heavy atom. The highest BCUT2D eigenvalue weighted by Gasteiger charge is 2.42. The van der Waals surface area contributed by atoms with Crippen LogP contribution in [0.1, 0.15) is 41.4 Å². The number of nitriles is 2. The second-order valence-corrected chi connectivity index (χ2v) is 8.72. The van der Waals surface area contributed by atoms with Crippen molar-refractivity contribution >= 4 is 5.69 Å². The molecule has 1 aliphatic heterocycles. The van der Waals surface area contributed by atoms with Crippen LogP contribution in [0.5, 0.6) is 17.2 Å². The SMILES string of the molecule is COc1ccccc1C(C#N)N1CCCN(C(C#N)c2ccccc2OC)C1c1cccc([N+](=O)[O-])c1O. The van der Waals surface area contributed by atoms with Crippen molar-refractivity contribution in [1.29, 1.82) is 10.5 Å². The predicted octanol–water partition coefficient (Wildman–Crippen LogP) is 4.85. The fourth-order valence-corrected chi connectivity index (χ4v) is 5.10. The fourth-order valence-electron chi connectivity index (χ4n) is 5.10. The first-order chi connectivity index (χ1) is 18.5. The molecule has 1 saturated heterocycles. The smallest absolute Gasteiger partial charge is 0.311 e. The molecule has 10 heteroatoms. The van der Waals surface area contributed by atoms with Crippen LogP contribution in [-0.2, 0) is 0 Å². The van der Waals surface area contributed by atoms with Gasteiger partial charge in [-0.05, 0) is 18.6 Å². The van der Waals surface area contributed by atoms with Gasteiger partial charge in [0.05, 0.1) is 37.4 Å². The summed E-state index contributed by atoms with van der Waals surface area (Å²) in [6, 6.07) is 21.6. The number of phenols is 1. The van der Waals surface area contributed by atoms with Crippen molar-refractivity contribution in [2.75, 3.05) is 27.3 Å². The third-order valence-corrected chi connectivity index (χ3v) is 6.76. The lowest BCUT2D eigenvalue weighted by Crippen LogP contribution is -2.50. The summed E-state index contributed by atoms with van der Waals surface area (Å²) in [5.41, 5.74) is 0.994. The van der Waals surface area contributed by atoms with Crippen LogP contribution in [0, 0.1) is 32.8 Å². The number of benzene rings is 3. The van der Waals surface area contributed by atoms with Crippen LogP contribution in [0.4, 0.5) is 5.69 Å². The molecule has 38 heavy (non-hydrogen) atoms. The van der Waals surface area contributed by atoms with Crippen LogP contribution in [-0.4, -0.2) is 47.1 Å². The standard InChI is InChI=1S/C28H27N5O5/c1-37-25-13-5-3-9-19(25)23(17-29)31-15-8-16-32(24(18-30)20-10-4-6-14-26(20)38-2)28(31)21-11-7-12-22(27(21)34)33(35)36/h3-7,9-14,23-24,28,34H,8,15-16H2,1-2H3. The molecule has 2 unspecified atom stereocenters. The predicted molar refractivity (Wildman–Crippen MR) is 138 cm³/mol. The van der Waals surface area contributed by atoms with E-state index in [9.17, 15) is 25.7 Å². The van der Waals surface area contributed by atoms with Gasteiger partial charge in [0.1, 0.15) is 23.6 Å². The normalized spacial score (nSPS) is 17.5. The summed E-state index contributed by atoms with van der Waals surface area (Å²) in [6.07, 6.45) is -0.250. The van der Waals surface area contributed by atoms with Gasteiger partial charge in [0.15, 0.2) is 0 Å². The molecule has 4 rings (SSSR count). The second-order valence-electron chi connectivity index (χ2n) is 8.72. The molecule has 0 amide bonds. The van der Waals surface area contributed by atoms with Crippen LogP contribution in [0.3, 0.4) is 0 Å². The zero-order valence-corrected chi connectivity index (χ0v) is 21.0. The number of phenolic OH excluding ortho intramolecular Hbond substituents is 1. The number of ether oxygens (including phenoxy) is 2. The maximum atomic E-state index is 11.7. The summed E-state index contributed by atoms with van der Waals surface area (Å²) in [4.78, 5) is 14.7. The van der Waals surface area contributed by atoms with E-state index in [4.69, 9.17) is 9.47 Å². The highest BCUT2D eigenvalue weighted by molar-refractivity contribution is 5.52. The summed E-state index contributed by atoms with van der Waals surface area (Å²) in [6.45, 7) is 0.868. The van der Waals surface area contributed by atoms with Crippen LogP contribution >= 0.6 is 0 Å². The van der Waals surface area contributed by atoms with Crippen molar-refractivity contribution < 1.29 is 19.5 Å². The molecule has 1 N–H and O–H groups in total. The summed E-state index contributed by atoms with van der Waals surface area (Å²) >= 11 is 0. The van der Waals surface area contributed by atoms with E-state index in [0.717, 1.165) is 0 Å². The third-order valence-electron chi connectivity index (χ3n) is 6.76. The molecule has 2 atom stereocenters. The van der Waals surface area contributed by atoms with Gasteiger partial charge in [0, 0.05) is 35.8 Å². The number of nitro groups is 1. The number of hydrogen-bond acceptors (Lipinski definition) is 9. The van der Waals surface area contributed by atoms with Gasteiger partial charge in [-0.15, -0.1) is 0 Å². The van der Waals surface area contributed by atoms with Gasteiger partial charge in [-0.3, -0.25) is 19.9 Å². The topological polar surface area (TPSA) is 136 Å². The molecular weight excluding hydrogens is 486 g/mol. The lowest BCUT2D eigenvalue weighted by Gasteiger charge is -2.47. The van der Waals surface area contributed by atoms with Crippen LogP contribution < -0.4 is 9.47 Å². The second kappa shape index (κ2) is 11.6. The largest absolute Gasteiger partial charge is 0.502 e. The Balaban J connectivity index is 1.93. The first kappa shape index (κ1) is 26.4. The molecule has 1 heterocycles. The van der Waals surface area contributed by atoms with Gasteiger partial charge in [-0.25, -0.2) is 0 Å². The maximum Gasteiger partial charge on any atom is 0.311 e. The lowest BCUT2D eigenvalue weighted by molar-refractivity contribution is -0.386. The molecule has 3 aromatic carbocycles. The molecular formula is C28H27N5O5. The Morgan fingerprint density at radius 3 is 1.84 bits per heavy atom. The molecule has 0 bridgehead atoms. The minimum Gasteiger partial charge on any atom is -0.502 e. The van der Waals surface area contributed by atoms with Gasteiger partial charge in [0.25, 0.3) is 0 Å². The Labute approximate surface area is 220 Å². The number of hydrogen-bond donors (Lipinski definition) is 1. The summed E-state index contributed by atoms with van der Waals surface area (Å²) in [5, 5.41) is 43.6. The van der Waals surface area contributed by atoms with Crippen molar-refractivity contribution in [3.8, 4) is 29.4 Å². The van der Waals surface area contributed by atoms with Gasteiger partial charge in [-0.2, -0.15) is 10.5 Å². The van der Waals surface area contributed by atoms with Crippen molar-refractivity contribution in [3.63, 3.8) is 0 Å². The molecule has 10 nitrogen and oxygen atoms in total. The van der Waals surface area contributed by atoms with Gasteiger partial charge in [-0.1, -0.05) is 48.5 Å². The number of rotatable bonds is 8. The molecule has 0 radical (unpaired) electrons. The van der Waals surface area contributed by atoms with Crippen LogP contribution in [0.2, 0.25) is 0 Å². The minimum atomic E-state index is -0.854. The highest BCUT2D eigenvalue weighted by atomic mass is 16.6. The quantitative estimate of drug-likeness (QED) is 0.331. The maximum absolute atomic E-state index is 11.7. The van der Waals surface area contributed by atoms with Gasteiger partial charge >= 0.3 is 5.69 Å². The Kier molecular flexibility index (Phi) is 8.07. The number of aromatic hydroxyl groups is 1. The number of para-hydroxylation sites is 3. The molecule has 0 saturated carbocycles. The average molecular weight is 514 g/mol. The van der Waals surface area contributed by atoms with E-state index >= 15 is 0 Å². The Hall–Kier alpha value is -4.64. The molecule has 0 aromatic heterocycles. The molecule has 0 aliphatic carbocycles. The zero-order valence-electron chi connectivity index (χ0n) is 21.0. The molecule has 1 fully saturated rings. The summed E-state index contributed by atoms with van der Waals surface area (Å²) < 4.78 is 11.1. The molecule has 1 aliphatic rings. The van der Waals surface area contributed by atoms with Gasteiger partial charge in [0.2, 0.25) is 5.75 Å². The van der Waals surface area contributed by atoms with Crippen molar-refractivity contribution in [1.82, 2.24) is 9.80 Å². The molecule has 0 spiro atoms. The first-order valence-corrected chi connectivity index (χ1v) is 12.0. The molecule has 3 aromatic rings. The van der Waals surface area contributed by atoms with Gasteiger partial charge < -0.3 is 14.6 Å². The number of nitrogens with zero attached hydrogens (tertiary/aromatic N) is 5. The van der Waals surface area contributed by atoms with E-state index in [2.05, 4.69) is 12.1 Å². The zero-order chi connectivity index (χ0) is 27.2. The van der Waals surface area contributed by atoms with E-state index in [1.54, 1.807) is 54.6 Å². The Bertz CT molecular complexity index is 1330. The van der Waals surface area contributed by atoms with E-state index < -0.39 is 34.6 Å². The third kappa shape index (κ3) is 4.83. The monoisotopic (exact) mass is 513 g/mol. The van der Waals surface area contributed by atoms with Crippen molar-refractivity contribution in [2.24, 2.45) is 0 Å². The lowest BCUT2D eigenvalue weighted by atomic mass is 9.95. The highest BCUT2D eigenvalue weighted by Crippen LogP contribution is 2.46. The Morgan fingerprint density at radius 1 is 0.895 bits per heavy atom. The molecule has 194 valence electrons. The minimum absolute atomic E-state index is 0.226. The van der Waals surface area contributed by atoms with Crippen molar-refractivity contribution in [2.45, 2.75) is 24.7 Å². The number of methoxy groups -OCH3 is 2. The van der Waals surface area contributed by atoms with E-state index in [0.29, 0.717) is 42.1 Å². The van der Waals surface area contributed by atoms with Crippen LogP contribution in [0.15, 0.2) is 66.7 Å². The summed E-state index contributed by atoms with van der Waals surface area (Å²) in [7, 11) is 3.04. The van der Waals surface area contributed by atoms with Crippen LogP contribution in [0.25, 0.3) is 0 Å². The van der Waals surface area contributed by atoms with E-state index in [1.165, 1.54) is 26.4 Å². The fraction of sp³-hybridized carbons (Fsp3) is 0.286. The van der Waals surface area contributed by atoms with E-state index in [-0.39, 0.29) is 5.56 Å². The average Bonchev–Trinajstić information content (AvgIpc) is 2.95. The number of nitro benzene ring substituents is 1. The van der Waals surface area contributed by atoms with Crippen molar-refractivity contribution in [3.05, 3.63) is 93.5 Å².